The second-order valence-corrected chi connectivity index (χ2v) is 5.66. The molecule has 3 nitrogen and oxygen atoms in total. The molecule has 0 heterocycles. The Morgan fingerprint density at radius 1 is 1.10 bits per heavy atom. The highest BCUT2D eigenvalue weighted by atomic mass is 79.9. The zero-order valence-corrected chi connectivity index (χ0v) is 13.2. The van der Waals surface area contributed by atoms with Crippen LogP contribution in [0, 0.1) is 0 Å². The molecule has 0 spiro atoms. The highest BCUT2D eigenvalue weighted by Crippen LogP contribution is 2.37. The largest absolute Gasteiger partial charge is 0.479 e. The molecule has 1 atom stereocenters. The van der Waals surface area contributed by atoms with E-state index in [1.165, 1.54) is 0 Å². The van der Waals surface area contributed by atoms with Gasteiger partial charge in [-0.05, 0) is 33.6 Å². The van der Waals surface area contributed by atoms with Crippen LogP contribution in [0.25, 0.3) is 0 Å². The number of carboxylic acids is 1. The molecule has 0 aliphatic heterocycles. The van der Waals surface area contributed by atoms with E-state index in [2.05, 4.69) is 21.2 Å². The summed E-state index contributed by atoms with van der Waals surface area (Å²) in [5.41, 5.74) is 1.10. The van der Waals surface area contributed by atoms with Gasteiger partial charge in [-0.25, -0.2) is 4.79 Å². The van der Waals surface area contributed by atoms with Gasteiger partial charge in [0.05, 0.1) is 15.7 Å². The Balaban J connectivity index is 2.35. The lowest BCUT2D eigenvalue weighted by atomic mass is 10.1. The Morgan fingerprint density at radius 3 is 2.35 bits per heavy atom. The van der Waals surface area contributed by atoms with Gasteiger partial charge in [0.15, 0.2) is 6.04 Å². The number of anilines is 1. The van der Waals surface area contributed by atoms with Crippen LogP contribution in [-0.4, -0.2) is 11.1 Å². The molecule has 104 valence electrons. The molecule has 2 aromatic rings. The Labute approximate surface area is 134 Å². The Bertz CT molecular complexity index is 635. The number of nitrogens with one attached hydrogen (secondary N) is 1. The van der Waals surface area contributed by atoms with Gasteiger partial charge in [-0.15, -0.1) is 0 Å². The van der Waals surface area contributed by atoms with E-state index >= 15 is 0 Å². The summed E-state index contributed by atoms with van der Waals surface area (Å²) in [6.45, 7) is 0. The van der Waals surface area contributed by atoms with Crippen LogP contribution in [-0.2, 0) is 4.79 Å². The number of hydrogen-bond acceptors (Lipinski definition) is 2. The van der Waals surface area contributed by atoms with Crippen molar-refractivity contribution in [2.45, 2.75) is 6.04 Å². The van der Waals surface area contributed by atoms with Crippen molar-refractivity contribution in [3.8, 4) is 0 Å². The molecule has 20 heavy (non-hydrogen) atoms. The van der Waals surface area contributed by atoms with E-state index in [1.807, 2.05) is 6.07 Å². The lowest BCUT2D eigenvalue weighted by Crippen LogP contribution is -2.20. The minimum absolute atomic E-state index is 0.281. The molecular formula is C14H10BrCl2NO2. The first-order chi connectivity index (χ1) is 9.50. The molecular weight excluding hydrogens is 365 g/mol. The fourth-order valence-corrected chi connectivity index (χ4v) is 2.55. The summed E-state index contributed by atoms with van der Waals surface area (Å²) in [6, 6.07) is 11.3. The van der Waals surface area contributed by atoms with Gasteiger partial charge >= 0.3 is 5.97 Å². The molecule has 0 fully saturated rings. The number of carbonyl (C=O) groups is 1. The predicted octanol–water partition coefficient (Wildman–Crippen LogP) is 4.99. The molecule has 0 aromatic heterocycles. The monoisotopic (exact) mass is 373 g/mol. The van der Waals surface area contributed by atoms with E-state index in [-0.39, 0.29) is 5.02 Å². The number of hydrogen-bond donors (Lipinski definition) is 2. The van der Waals surface area contributed by atoms with E-state index in [1.54, 1.807) is 36.4 Å². The zero-order valence-electron chi connectivity index (χ0n) is 10.1. The summed E-state index contributed by atoms with van der Waals surface area (Å²) in [4.78, 5) is 11.4. The number of halogens is 3. The number of aliphatic carboxylic acids is 1. The smallest absolute Gasteiger partial charge is 0.330 e. The Morgan fingerprint density at radius 2 is 1.75 bits per heavy atom. The fourth-order valence-electron chi connectivity index (χ4n) is 1.73. The van der Waals surface area contributed by atoms with Gasteiger partial charge in [0.2, 0.25) is 0 Å². The molecule has 2 rings (SSSR count). The van der Waals surface area contributed by atoms with Gasteiger partial charge in [-0.1, -0.05) is 53.5 Å². The van der Waals surface area contributed by atoms with Crippen LogP contribution in [0.5, 0.6) is 0 Å². The maximum Gasteiger partial charge on any atom is 0.330 e. The number of rotatable bonds is 4. The van der Waals surface area contributed by atoms with Crippen LogP contribution in [0.4, 0.5) is 5.69 Å². The van der Waals surface area contributed by atoms with E-state index in [0.717, 1.165) is 0 Å². The molecule has 2 N–H and O–H groups in total. The highest BCUT2D eigenvalue weighted by molar-refractivity contribution is 9.10. The summed E-state index contributed by atoms with van der Waals surface area (Å²) in [5.74, 6) is -0.994. The van der Waals surface area contributed by atoms with Crippen molar-refractivity contribution in [2.24, 2.45) is 0 Å². The maximum atomic E-state index is 11.4. The molecule has 1 unspecified atom stereocenters. The molecule has 6 heteroatoms. The summed E-state index contributed by atoms with van der Waals surface area (Å²) >= 11 is 15.4. The van der Waals surface area contributed by atoms with Crippen LogP contribution >= 0.6 is 39.1 Å². The van der Waals surface area contributed by atoms with Gasteiger partial charge in [-0.3, -0.25) is 0 Å². The summed E-state index contributed by atoms with van der Waals surface area (Å²) < 4.78 is 0.654. The van der Waals surface area contributed by atoms with Gasteiger partial charge in [0.25, 0.3) is 0 Å². The van der Waals surface area contributed by atoms with Crippen molar-refractivity contribution in [2.75, 3.05) is 5.32 Å². The molecule has 2 aromatic carbocycles. The number of carboxylic acid groups (broad SMARTS) is 1. The van der Waals surface area contributed by atoms with Crippen molar-refractivity contribution in [1.82, 2.24) is 0 Å². The Hall–Kier alpha value is -1.23. The van der Waals surface area contributed by atoms with Crippen molar-refractivity contribution in [3.05, 3.63) is 62.5 Å². The zero-order chi connectivity index (χ0) is 14.7. The van der Waals surface area contributed by atoms with Gasteiger partial charge in [-0.2, -0.15) is 0 Å². The average Bonchev–Trinajstić information content (AvgIpc) is 2.45. The summed E-state index contributed by atoms with van der Waals surface area (Å²) in [5, 5.41) is 12.9. The molecule has 0 aliphatic carbocycles. The number of benzene rings is 2. The lowest BCUT2D eigenvalue weighted by Gasteiger charge is -2.18. The normalized spacial score (nSPS) is 11.9. The molecule has 0 saturated carbocycles. The quantitative estimate of drug-likeness (QED) is 0.741. The van der Waals surface area contributed by atoms with Gasteiger partial charge in [0.1, 0.15) is 0 Å². The fraction of sp³-hybridized carbons (Fsp3) is 0.0714. The van der Waals surface area contributed by atoms with Crippen LogP contribution in [0.15, 0.2) is 46.9 Å². The Kier molecular flexibility index (Phi) is 4.91. The van der Waals surface area contributed by atoms with E-state index in [9.17, 15) is 9.90 Å². The third kappa shape index (κ3) is 3.26. The van der Waals surface area contributed by atoms with Crippen LogP contribution < -0.4 is 5.32 Å². The molecule has 0 amide bonds. The average molecular weight is 375 g/mol. The van der Waals surface area contributed by atoms with Crippen LogP contribution in [0.1, 0.15) is 11.6 Å². The third-order valence-corrected chi connectivity index (χ3v) is 4.49. The van der Waals surface area contributed by atoms with Crippen molar-refractivity contribution >= 4 is 50.8 Å². The second kappa shape index (κ2) is 6.48. The summed E-state index contributed by atoms with van der Waals surface area (Å²) in [6.07, 6.45) is 0. The third-order valence-electron chi connectivity index (χ3n) is 2.71. The summed E-state index contributed by atoms with van der Waals surface area (Å²) in [7, 11) is 0. The first-order valence-electron chi connectivity index (χ1n) is 5.68. The van der Waals surface area contributed by atoms with Crippen LogP contribution in [0.2, 0.25) is 10.0 Å². The van der Waals surface area contributed by atoms with Gasteiger partial charge in [0, 0.05) is 4.47 Å². The molecule has 0 bridgehead atoms. The molecule has 0 radical (unpaired) electrons. The standard InChI is InChI=1S/C14H10BrCl2NO2/c15-9-6-7-10(12(17)11(9)16)18-13(14(19)20)8-4-2-1-3-5-8/h1-7,13,18H,(H,19,20). The van der Waals surface area contributed by atoms with E-state index in [0.29, 0.717) is 20.7 Å². The van der Waals surface area contributed by atoms with Crippen molar-refractivity contribution in [3.63, 3.8) is 0 Å². The predicted molar refractivity (Wildman–Crippen MR) is 84.6 cm³/mol. The molecule has 0 saturated heterocycles. The maximum absolute atomic E-state index is 11.4. The van der Waals surface area contributed by atoms with Crippen LogP contribution in [0.3, 0.4) is 0 Å². The lowest BCUT2D eigenvalue weighted by molar-refractivity contribution is -0.138. The first-order valence-corrected chi connectivity index (χ1v) is 7.23. The minimum Gasteiger partial charge on any atom is -0.479 e. The van der Waals surface area contributed by atoms with Crippen molar-refractivity contribution < 1.29 is 9.90 Å². The molecule has 0 aliphatic rings. The van der Waals surface area contributed by atoms with Crippen molar-refractivity contribution in [1.29, 1.82) is 0 Å². The topological polar surface area (TPSA) is 49.3 Å². The minimum atomic E-state index is -0.994. The second-order valence-electron chi connectivity index (χ2n) is 4.05. The van der Waals surface area contributed by atoms with E-state index in [4.69, 9.17) is 23.2 Å². The highest BCUT2D eigenvalue weighted by Gasteiger charge is 2.21. The first kappa shape index (κ1) is 15.2. The van der Waals surface area contributed by atoms with E-state index < -0.39 is 12.0 Å². The van der Waals surface area contributed by atoms with Gasteiger partial charge < -0.3 is 10.4 Å². The SMILES string of the molecule is O=C(O)C(Nc1ccc(Br)c(Cl)c1Cl)c1ccccc1.